The first-order chi connectivity index (χ1) is 21.1. The molecule has 4 aliphatic rings. The van der Waals surface area contributed by atoms with Gasteiger partial charge in [0.25, 0.3) is 11.6 Å². The van der Waals surface area contributed by atoms with Crippen LogP contribution in [0.2, 0.25) is 15.1 Å². The summed E-state index contributed by atoms with van der Waals surface area (Å²) in [6.07, 6.45) is 1.49. The summed E-state index contributed by atoms with van der Waals surface area (Å²) in [6, 6.07) is 23.2. The van der Waals surface area contributed by atoms with Gasteiger partial charge in [-0.1, -0.05) is 83.3 Å². The minimum absolute atomic E-state index is 0.0944. The van der Waals surface area contributed by atoms with Crippen LogP contribution in [0.1, 0.15) is 38.5 Å². The molecule has 3 aliphatic carbocycles. The van der Waals surface area contributed by atoms with Crippen molar-refractivity contribution < 1.29 is 19.3 Å². The fraction of sp³-hybridized carbons (Fsp3) is 0.125. The number of anilines is 1. The van der Waals surface area contributed by atoms with Crippen LogP contribution in [0.4, 0.5) is 11.4 Å². The van der Waals surface area contributed by atoms with E-state index in [9.17, 15) is 24.5 Å². The van der Waals surface area contributed by atoms with E-state index in [2.05, 4.69) is 10.5 Å². The molecule has 1 N–H and O–H groups in total. The average Bonchev–Trinajstić information content (AvgIpc) is 3.27. The predicted molar refractivity (Wildman–Crippen MR) is 166 cm³/mol. The standard InChI is InChI=1S/C32H19Cl3N4O5/c33-16-9-11-20(23(35)13-16)29(40)37-36-15-32-21-7-3-1-5-18(21)26(19-6-2-4-8-22(19)32)27-28(32)31(42)38(30(27)41)24-12-10-17(34)14-25(24)39(43)44/h1-15,26-28H,(H,37,40)/b36-15-/t26?,27-,28-,32?/m0/s1. The van der Waals surface area contributed by atoms with Crippen molar-refractivity contribution in [2.24, 2.45) is 16.9 Å². The minimum Gasteiger partial charge on any atom is -0.274 e. The van der Waals surface area contributed by atoms with Gasteiger partial charge < -0.3 is 0 Å². The Hall–Kier alpha value is -4.57. The van der Waals surface area contributed by atoms with Crippen LogP contribution in [-0.4, -0.2) is 28.9 Å². The number of rotatable bonds is 5. The average molecular weight is 646 g/mol. The third-order valence-corrected chi connectivity index (χ3v) is 9.45. The van der Waals surface area contributed by atoms with Gasteiger partial charge in [-0.05, 0) is 52.6 Å². The van der Waals surface area contributed by atoms with E-state index in [1.54, 1.807) is 0 Å². The third kappa shape index (κ3) is 3.93. The Balaban J connectivity index is 1.41. The topological polar surface area (TPSA) is 122 Å². The van der Waals surface area contributed by atoms with Gasteiger partial charge in [0, 0.05) is 28.2 Å². The van der Waals surface area contributed by atoms with E-state index in [-0.39, 0.29) is 21.3 Å². The molecule has 2 atom stereocenters. The molecule has 0 unspecified atom stereocenters. The lowest BCUT2D eigenvalue weighted by molar-refractivity contribution is -0.384. The molecule has 8 rings (SSSR count). The summed E-state index contributed by atoms with van der Waals surface area (Å²) in [5, 5.41) is 16.9. The Morgan fingerprint density at radius 3 is 2.14 bits per heavy atom. The maximum absolute atomic E-state index is 14.5. The number of imide groups is 1. The van der Waals surface area contributed by atoms with Crippen LogP contribution in [0.5, 0.6) is 0 Å². The van der Waals surface area contributed by atoms with Crippen molar-refractivity contribution in [3.63, 3.8) is 0 Å². The Morgan fingerprint density at radius 2 is 1.50 bits per heavy atom. The number of nitro groups is 1. The van der Waals surface area contributed by atoms with Crippen molar-refractivity contribution in [1.29, 1.82) is 0 Å². The van der Waals surface area contributed by atoms with E-state index < -0.39 is 51.5 Å². The lowest BCUT2D eigenvalue weighted by Gasteiger charge is -2.52. The molecule has 0 radical (unpaired) electrons. The molecule has 1 saturated heterocycles. The molecule has 12 heteroatoms. The van der Waals surface area contributed by atoms with E-state index in [1.807, 2.05) is 48.5 Å². The molecule has 1 aliphatic heterocycles. The molecule has 218 valence electrons. The van der Waals surface area contributed by atoms with Crippen LogP contribution < -0.4 is 10.3 Å². The highest BCUT2D eigenvalue weighted by Gasteiger charge is 2.68. The van der Waals surface area contributed by atoms with Crippen LogP contribution in [-0.2, 0) is 15.0 Å². The summed E-state index contributed by atoms with van der Waals surface area (Å²) in [5.41, 5.74) is 3.90. The molecule has 44 heavy (non-hydrogen) atoms. The number of hydrogen-bond donors (Lipinski definition) is 1. The minimum atomic E-state index is -1.30. The first-order valence-corrected chi connectivity index (χ1v) is 14.6. The fourth-order valence-corrected chi connectivity index (χ4v) is 7.71. The van der Waals surface area contributed by atoms with Crippen molar-refractivity contribution >= 4 is 70.1 Å². The van der Waals surface area contributed by atoms with E-state index in [4.69, 9.17) is 34.8 Å². The molecule has 4 aromatic rings. The van der Waals surface area contributed by atoms with Gasteiger partial charge in [-0.15, -0.1) is 0 Å². The second kappa shape index (κ2) is 10.3. The van der Waals surface area contributed by atoms with Crippen LogP contribution in [0.3, 0.4) is 0 Å². The molecule has 2 bridgehead atoms. The van der Waals surface area contributed by atoms with Crippen molar-refractivity contribution in [3.05, 3.63) is 138 Å². The molecule has 1 heterocycles. The summed E-state index contributed by atoms with van der Waals surface area (Å²) in [6.45, 7) is 0. The maximum atomic E-state index is 14.5. The Morgan fingerprint density at radius 1 is 0.886 bits per heavy atom. The van der Waals surface area contributed by atoms with Crippen LogP contribution in [0.15, 0.2) is 90.0 Å². The smallest absolute Gasteiger partial charge is 0.274 e. The number of nitrogens with zero attached hydrogens (tertiary/aromatic N) is 3. The summed E-state index contributed by atoms with van der Waals surface area (Å²) in [4.78, 5) is 54.1. The van der Waals surface area contributed by atoms with Crippen LogP contribution in [0, 0.1) is 22.0 Å². The first kappa shape index (κ1) is 28.2. The van der Waals surface area contributed by atoms with Crippen LogP contribution in [0.25, 0.3) is 0 Å². The molecule has 3 amide bonds. The number of halogens is 3. The van der Waals surface area contributed by atoms with E-state index in [1.165, 1.54) is 36.5 Å². The SMILES string of the molecule is O=C(N/N=C\C12c3ccccc3C(c3ccccc31)[C@@H]1C(=O)N(c3ccc(Cl)cc3[N+](=O)[O-])C(=O)[C@H]12)c1ccc(Cl)cc1Cl. The normalized spacial score (nSPS) is 23.0. The number of hydrazone groups is 1. The Bertz CT molecular complexity index is 1930. The van der Waals surface area contributed by atoms with Gasteiger partial charge in [0.2, 0.25) is 11.8 Å². The van der Waals surface area contributed by atoms with Crippen molar-refractivity contribution in [3.8, 4) is 0 Å². The van der Waals surface area contributed by atoms with Crippen molar-refractivity contribution in [1.82, 2.24) is 5.43 Å². The fourth-order valence-electron chi connectivity index (χ4n) is 7.05. The van der Waals surface area contributed by atoms with Gasteiger partial charge in [0.05, 0.1) is 32.8 Å². The zero-order chi connectivity index (χ0) is 30.9. The number of benzene rings is 4. The number of carbonyl (C=O) groups excluding carboxylic acids is 3. The molecule has 4 aromatic carbocycles. The van der Waals surface area contributed by atoms with E-state index >= 15 is 0 Å². The highest BCUT2D eigenvalue weighted by Crippen LogP contribution is 2.64. The summed E-state index contributed by atoms with van der Waals surface area (Å²) < 4.78 is 0. The second-order valence-corrected chi connectivity index (χ2v) is 12.0. The quantitative estimate of drug-likeness (QED) is 0.115. The zero-order valence-electron chi connectivity index (χ0n) is 22.4. The first-order valence-electron chi connectivity index (χ1n) is 13.5. The predicted octanol–water partition coefficient (Wildman–Crippen LogP) is 6.52. The number of carbonyl (C=O) groups is 3. The molecule has 0 saturated carbocycles. The summed E-state index contributed by atoms with van der Waals surface area (Å²) >= 11 is 18.3. The molecular weight excluding hydrogens is 627 g/mol. The van der Waals surface area contributed by atoms with Crippen molar-refractivity contribution in [2.75, 3.05) is 4.90 Å². The Kier molecular flexibility index (Phi) is 6.58. The number of nitrogens with one attached hydrogen (secondary N) is 1. The van der Waals surface area contributed by atoms with Crippen LogP contribution >= 0.6 is 34.8 Å². The van der Waals surface area contributed by atoms with Crippen molar-refractivity contribution in [2.45, 2.75) is 11.3 Å². The summed E-state index contributed by atoms with van der Waals surface area (Å²) in [5.74, 6) is -4.17. The second-order valence-electron chi connectivity index (χ2n) is 10.7. The number of nitro benzene ring substituents is 1. The molecular formula is C32H19Cl3N4O5. The lowest BCUT2D eigenvalue weighted by Crippen LogP contribution is -2.54. The Labute approximate surface area is 265 Å². The maximum Gasteiger partial charge on any atom is 0.294 e. The molecule has 0 aromatic heterocycles. The van der Waals surface area contributed by atoms with Gasteiger partial charge >= 0.3 is 0 Å². The van der Waals surface area contributed by atoms with Gasteiger partial charge in [0.15, 0.2) is 0 Å². The molecule has 1 fully saturated rings. The molecule has 0 spiro atoms. The summed E-state index contributed by atoms with van der Waals surface area (Å²) in [7, 11) is 0. The highest BCUT2D eigenvalue weighted by atomic mass is 35.5. The van der Waals surface area contributed by atoms with Gasteiger partial charge in [-0.25, -0.2) is 10.3 Å². The van der Waals surface area contributed by atoms with Gasteiger partial charge in [0.1, 0.15) is 5.69 Å². The number of hydrogen-bond acceptors (Lipinski definition) is 6. The largest absolute Gasteiger partial charge is 0.294 e. The van der Waals surface area contributed by atoms with E-state index in [0.717, 1.165) is 33.2 Å². The molecule has 9 nitrogen and oxygen atoms in total. The lowest BCUT2D eigenvalue weighted by atomic mass is 9.47. The monoisotopic (exact) mass is 644 g/mol. The third-order valence-electron chi connectivity index (χ3n) is 8.67. The van der Waals surface area contributed by atoms with Gasteiger partial charge in [-0.3, -0.25) is 24.5 Å². The van der Waals surface area contributed by atoms with Gasteiger partial charge in [-0.2, -0.15) is 5.10 Å². The highest BCUT2D eigenvalue weighted by molar-refractivity contribution is 6.36. The zero-order valence-corrected chi connectivity index (χ0v) is 24.7. The van der Waals surface area contributed by atoms with E-state index in [0.29, 0.717) is 5.02 Å². The number of amides is 3.